The Morgan fingerprint density at radius 1 is 1.26 bits per heavy atom. The Morgan fingerprint density at radius 2 is 2.11 bits per heavy atom. The van der Waals surface area contributed by atoms with E-state index in [0.717, 1.165) is 13.8 Å². The summed E-state index contributed by atoms with van der Waals surface area (Å²) < 4.78 is 6.89. The summed E-state index contributed by atoms with van der Waals surface area (Å²) in [6, 6.07) is 5.53. The van der Waals surface area contributed by atoms with Crippen molar-refractivity contribution in [1.29, 1.82) is 0 Å². The van der Waals surface area contributed by atoms with Crippen LogP contribution in [0.5, 0.6) is 0 Å². The zero-order valence-corrected chi connectivity index (χ0v) is 13.3. The maximum atomic E-state index is 5.68. The van der Waals surface area contributed by atoms with Gasteiger partial charge < -0.3 is 10.3 Å². The molecule has 19 heavy (non-hydrogen) atoms. The van der Waals surface area contributed by atoms with E-state index in [-0.39, 0.29) is 0 Å². The van der Waals surface area contributed by atoms with Gasteiger partial charge in [0.25, 0.3) is 5.89 Å². The molecule has 0 aromatic carbocycles. The van der Waals surface area contributed by atoms with Gasteiger partial charge in [0, 0.05) is 15.1 Å². The van der Waals surface area contributed by atoms with Crippen molar-refractivity contribution in [1.82, 2.24) is 15.1 Å². The Labute approximate surface area is 129 Å². The van der Waals surface area contributed by atoms with E-state index < -0.39 is 0 Å². The van der Waals surface area contributed by atoms with Gasteiger partial charge in [-0.1, -0.05) is 5.16 Å². The number of nitrogens with zero attached hydrogens (tertiary/aromatic N) is 3. The van der Waals surface area contributed by atoms with Crippen LogP contribution in [-0.2, 0) is 0 Å². The molecule has 3 rings (SSSR count). The van der Waals surface area contributed by atoms with Crippen LogP contribution < -0.4 is 5.73 Å². The lowest BCUT2D eigenvalue weighted by molar-refractivity contribution is 0.433. The standard InChI is InChI=1S/C11H6Br2N4OS/c12-5-3-6(13)9(15-4-5)10-16-11(18-17-10)7-1-2-8(14)19-7/h1-4H,14H2. The number of thiophene rings is 1. The Kier molecular flexibility index (Phi) is 3.38. The molecule has 0 saturated heterocycles. The molecular formula is C11H6Br2N4OS. The van der Waals surface area contributed by atoms with Gasteiger partial charge in [-0.2, -0.15) is 4.98 Å². The van der Waals surface area contributed by atoms with Crippen LogP contribution in [0.4, 0.5) is 5.00 Å². The molecular weight excluding hydrogens is 396 g/mol. The largest absolute Gasteiger partial charge is 0.391 e. The molecule has 0 atom stereocenters. The van der Waals surface area contributed by atoms with Crippen molar-refractivity contribution in [2.45, 2.75) is 0 Å². The number of aromatic nitrogens is 3. The second-order valence-electron chi connectivity index (χ2n) is 3.61. The fraction of sp³-hybridized carbons (Fsp3) is 0. The number of nitrogen functional groups attached to an aromatic ring is 1. The molecule has 0 unspecified atom stereocenters. The highest BCUT2D eigenvalue weighted by Crippen LogP contribution is 2.31. The summed E-state index contributed by atoms with van der Waals surface area (Å²) >= 11 is 8.16. The molecule has 3 aromatic heterocycles. The lowest BCUT2D eigenvalue weighted by Gasteiger charge is -1.97. The van der Waals surface area contributed by atoms with Crippen molar-refractivity contribution in [3.63, 3.8) is 0 Å². The molecule has 0 amide bonds. The quantitative estimate of drug-likeness (QED) is 0.702. The number of rotatable bonds is 2. The fourth-order valence-corrected chi connectivity index (χ4v) is 3.33. The summed E-state index contributed by atoms with van der Waals surface area (Å²) in [6.07, 6.45) is 1.68. The fourth-order valence-electron chi connectivity index (χ4n) is 1.47. The topological polar surface area (TPSA) is 77.8 Å². The molecule has 3 heterocycles. The van der Waals surface area contributed by atoms with E-state index in [1.807, 2.05) is 12.1 Å². The van der Waals surface area contributed by atoms with E-state index in [1.165, 1.54) is 11.3 Å². The average molecular weight is 402 g/mol. The van der Waals surface area contributed by atoms with Gasteiger partial charge in [0.2, 0.25) is 5.82 Å². The highest BCUT2D eigenvalue weighted by Gasteiger charge is 2.15. The van der Waals surface area contributed by atoms with Crippen molar-refractivity contribution < 1.29 is 4.52 Å². The van der Waals surface area contributed by atoms with Crippen LogP contribution in [0.25, 0.3) is 22.3 Å². The van der Waals surface area contributed by atoms with Crippen molar-refractivity contribution in [3.8, 4) is 22.3 Å². The lowest BCUT2D eigenvalue weighted by atomic mass is 10.3. The van der Waals surface area contributed by atoms with E-state index in [9.17, 15) is 0 Å². The summed E-state index contributed by atoms with van der Waals surface area (Å²) in [5.41, 5.74) is 6.31. The molecule has 8 heteroatoms. The Morgan fingerprint density at radius 3 is 2.79 bits per heavy atom. The first-order valence-electron chi connectivity index (χ1n) is 5.14. The third kappa shape index (κ3) is 2.56. The molecule has 2 N–H and O–H groups in total. The number of hydrogen-bond donors (Lipinski definition) is 1. The summed E-state index contributed by atoms with van der Waals surface area (Å²) in [5, 5.41) is 4.64. The van der Waals surface area contributed by atoms with Crippen LogP contribution in [0.15, 0.2) is 37.9 Å². The van der Waals surface area contributed by atoms with Crippen LogP contribution in [0.3, 0.4) is 0 Å². The zero-order valence-electron chi connectivity index (χ0n) is 9.30. The molecule has 0 fully saturated rings. The first-order valence-corrected chi connectivity index (χ1v) is 7.54. The molecule has 0 aliphatic carbocycles. The second-order valence-corrected chi connectivity index (χ2v) is 6.49. The maximum absolute atomic E-state index is 5.68. The smallest absolute Gasteiger partial charge is 0.268 e. The van der Waals surface area contributed by atoms with Crippen LogP contribution in [0.1, 0.15) is 0 Å². The third-order valence-corrected chi connectivity index (χ3v) is 4.22. The van der Waals surface area contributed by atoms with Crippen molar-refractivity contribution in [3.05, 3.63) is 33.3 Å². The monoisotopic (exact) mass is 400 g/mol. The van der Waals surface area contributed by atoms with Gasteiger partial charge in [-0.15, -0.1) is 11.3 Å². The minimum atomic E-state index is 0.432. The van der Waals surface area contributed by atoms with E-state index in [4.69, 9.17) is 10.3 Å². The summed E-state index contributed by atoms with van der Waals surface area (Å²) in [7, 11) is 0. The average Bonchev–Trinajstić information content (AvgIpc) is 2.97. The van der Waals surface area contributed by atoms with Crippen LogP contribution in [-0.4, -0.2) is 15.1 Å². The SMILES string of the molecule is Nc1ccc(-c2nc(-c3ncc(Br)cc3Br)no2)s1. The molecule has 0 bridgehead atoms. The minimum absolute atomic E-state index is 0.432. The van der Waals surface area contributed by atoms with Gasteiger partial charge in [-0.05, 0) is 50.1 Å². The second kappa shape index (κ2) is 5.03. The first-order chi connectivity index (χ1) is 9.13. The van der Waals surface area contributed by atoms with Crippen molar-refractivity contribution in [2.24, 2.45) is 0 Å². The van der Waals surface area contributed by atoms with E-state index in [0.29, 0.717) is 22.4 Å². The molecule has 5 nitrogen and oxygen atoms in total. The zero-order chi connectivity index (χ0) is 13.4. The van der Waals surface area contributed by atoms with Gasteiger partial charge >= 0.3 is 0 Å². The summed E-state index contributed by atoms with van der Waals surface area (Å²) in [4.78, 5) is 9.42. The predicted molar refractivity (Wildman–Crippen MR) is 80.7 cm³/mol. The Balaban J connectivity index is 2.01. The Bertz CT molecular complexity index is 740. The Hall–Kier alpha value is -1.25. The highest BCUT2D eigenvalue weighted by molar-refractivity contribution is 9.11. The van der Waals surface area contributed by atoms with Crippen LogP contribution in [0.2, 0.25) is 0 Å². The summed E-state index contributed by atoms with van der Waals surface area (Å²) in [6.45, 7) is 0. The van der Waals surface area contributed by atoms with E-state index in [1.54, 1.807) is 12.3 Å². The number of nitrogens with two attached hydrogens (primary N) is 1. The van der Waals surface area contributed by atoms with Crippen molar-refractivity contribution >= 4 is 48.2 Å². The maximum Gasteiger partial charge on any atom is 0.268 e. The number of pyridine rings is 1. The molecule has 96 valence electrons. The molecule has 0 saturated carbocycles. The highest BCUT2D eigenvalue weighted by atomic mass is 79.9. The number of halogens is 2. The summed E-state index contributed by atoms with van der Waals surface area (Å²) in [5.74, 6) is 0.870. The molecule has 3 aromatic rings. The molecule has 0 spiro atoms. The number of anilines is 1. The van der Waals surface area contributed by atoms with Gasteiger partial charge in [0.1, 0.15) is 5.69 Å². The van der Waals surface area contributed by atoms with Crippen molar-refractivity contribution in [2.75, 3.05) is 5.73 Å². The molecule has 0 aliphatic heterocycles. The van der Waals surface area contributed by atoms with E-state index in [2.05, 4.69) is 47.0 Å². The van der Waals surface area contributed by atoms with Gasteiger partial charge in [-0.25, -0.2) is 0 Å². The normalized spacial score (nSPS) is 10.8. The third-order valence-electron chi connectivity index (χ3n) is 2.28. The first kappa shape index (κ1) is 12.8. The van der Waals surface area contributed by atoms with Crippen LogP contribution >= 0.6 is 43.2 Å². The molecule has 0 aliphatic rings. The lowest BCUT2D eigenvalue weighted by Crippen LogP contribution is -1.87. The number of hydrogen-bond acceptors (Lipinski definition) is 6. The minimum Gasteiger partial charge on any atom is -0.391 e. The van der Waals surface area contributed by atoms with Gasteiger partial charge in [0.15, 0.2) is 0 Å². The van der Waals surface area contributed by atoms with Gasteiger partial charge in [-0.3, -0.25) is 4.98 Å². The molecule has 0 radical (unpaired) electrons. The van der Waals surface area contributed by atoms with Gasteiger partial charge in [0.05, 0.1) is 9.88 Å². The van der Waals surface area contributed by atoms with E-state index >= 15 is 0 Å². The van der Waals surface area contributed by atoms with Crippen LogP contribution in [0, 0.1) is 0 Å². The predicted octanol–water partition coefficient (Wildman–Crippen LogP) is 3.97.